The highest BCUT2D eigenvalue weighted by Crippen LogP contribution is 2.43. The molecule has 0 amide bonds. The van der Waals surface area contributed by atoms with E-state index in [-0.39, 0.29) is 38.8 Å². The van der Waals surface area contributed by atoms with Gasteiger partial charge in [0.1, 0.15) is 6.10 Å². The minimum Gasteiger partial charge on any atom is -0.457 e. The van der Waals surface area contributed by atoms with Crippen molar-refractivity contribution < 1.29 is 32.8 Å². The number of nitrogens with two attached hydrogens (primary N) is 1. The largest absolute Gasteiger partial charge is 0.472 e. The average Bonchev–Trinajstić information content (AvgIpc) is 3.02. The highest BCUT2D eigenvalue weighted by atomic mass is 31.2. The van der Waals surface area contributed by atoms with Crippen LogP contribution in [0.1, 0.15) is 110 Å². The number of unbranched alkanes of at least 4 members (excludes halogenated alkanes) is 6. The van der Waals surface area contributed by atoms with E-state index in [0.717, 1.165) is 77.0 Å². The summed E-state index contributed by atoms with van der Waals surface area (Å²) in [7, 11) is -4.29. The third-order valence-corrected chi connectivity index (χ3v) is 7.34. The second-order valence-corrected chi connectivity index (χ2v) is 12.1. The van der Waals surface area contributed by atoms with Gasteiger partial charge < -0.3 is 20.1 Å². The molecule has 0 aliphatic carbocycles. The van der Waals surface area contributed by atoms with Crippen LogP contribution in [0.4, 0.5) is 0 Å². The summed E-state index contributed by atoms with van der Waals surface area (Å²) < 4.78 is 33.0. The third-order valence-electron chi connectivity index (χ3n) is 6.36. The smallest absolute Gasteiger partial charge is 0.457 e. The van der Waals surface area contributed by atoms with Gasteiger partial charge in [-0.25, -0.2) is 4.57 Å². The predicted molar refractivity (Wildman–Crippen MR) is 187 cm³/mol. The quantitative estimate of drug-likeness (QED) is 0.0330. The Morgan fingerprint density at radius 3 is 1.87 bits per heavy atom. The molecule has 2 unspecified atom stereocenters. The van der Waals surface area contributed by atoms with E-state index in [2.05, 4.69) is 80.7 Å². The molecule has 45 heavy (non-hydrogen) atoms. The second kappa shape index (κ2) is 33.3. The molecule has 0 aliphatic heterocycles. The zero-order chi connectivity index (χ0) is 33.1. The predicted octanol–water partition coefficient (Wildman–Crippen LogP) is 9.24. The Labute approximate surface area is 274 Å². The van der Waals surface area contributed by atoms with Gasteiger partial charge in [-0.2, -0.15) is 0 Å². The van der Waals surface area contributed by atoms with Gasteiger partial charge >= 0.3 is 13.8 Å². The number of rotatable bonds is 31. The van der Waals surface area contributed by atoms with Crippen molar-refractivity contribution in [3.05, 3.63) is 72.9 Å². The Hall–Kier alpha value is -2.06. The molecule has 258 valence electrons. The van der Waals surface area contributed by atoms with Crippen molar-refractivity contribution in [2.24, 2.45) is 5.73 Å². The van der Waals surface area contributed by atoms with Crippen LogP contribution in [0.25, 0.3) is 0 Å². The highest BCUT2D eigenvalue weighted by molar-refractivity contribution is 7.47. The van der Waals surface area contributed by atoms with Crippen LogP contribution >= 0.6 is 7.82 Å². The summed E-state index contributed by atoms with van der Waals surface area (Å²) in [5, 5.41) is 0. The molecule has 0 aliphatic rings. The Balaban J connectivity index is 4.30. The Morgan fingerprint density at radius 1 is 0.689 bits per heavy atom. The van der Waals surface area contributed by atoms with Crippen LogP contribution < -0.4 is 5.73 Å². The molecule has 0 rings (SSSR count). The lowest BCUT2D eigenvalue weighted by atomic mass is 10.1. The van der Waals surface area contributed by atoms with Gasteiger partial charge in [-0.1, -0.05) is 112 Å². The molecule has 0 aromatic heterocycles. The fourth-order valence-corrected chi connectivity index (χ4v) is 4.71. The van der Waals surface area contributed by atoms with Crippen LogP contribution in [-0.4, -0.2) is 49.9 Å². The molecule has 0 bridgehead atoms. The van der Waals surface area contributed by atoms with E-state index >= 15 is 0 Å². The SMILES string of the molecule is CC/C=C\C/C=C\C/C=C\C/C=C\C/C=C\CCOCC(COP(=O)(O)OCCN)OC(=O)CCCCCCC/C=C\CCC. The summed E-state index contributed by atoms with van der Waals surface area (Å²) >= 11 is 0. The Morgan fingerprint density at radius 2 is 1.24 bits per heavy atom. The van der Waals surface area contributed by atoms with Crippen LogP contribution in [0.5, 0.6) is 0 Å². The van der Waals surface area contributed by atoms with Gasteiger partial charge in [-0.05, 0) is 64.2 Å². The summed E-state index contributed by atoms with van der Waals surface area (Å²) in [4.78, 5) is 22.2. The van der Waals surface area contributed by atoms with Crippen molar-refractivity contribution in [1.82, 2.24) is 0 Å². The molecule has 0 spiro atoms. The molecule has 0 aromatic carbocycles. The number of hydrogen-bond donors (Lipinski definition) is 2. The van der Waals surface area contributed by atoms with E-state index in [0.29, 0.717) is 13.0 Å². The molecular weight excluding hydrogens is 589 g/mol. The standard InChI is InChI=1S/C36H62NO7P/c1-3-5-7-9-11-13-15-16-17-18-19-20-22-24-26-28-31-41-33-35(34-43-45(39,40)42-32-30-37)44-36(38)29-27-25-23-21-14-12-10-8-6-4-2/h5,7-8,10-11,13,16-17,19-20,24,26,35H,3-4,6,9,12,14-15,18,21-23,25,27-34,37H2,1-2H3,(H,39,40)/b7-5-,10-8-,13-11-,17-16-,20-19-,26-24-. The maximum absolute atomic E-state index is 12.4. The van der Waals surface area contributed by atoms with Crippen LogP contribution in [0.3, 0.4) is 0 Å². The fourth-order valence-electron chi connectivity index (χ4n) is 3.94. The van der Waals surface area contributed by atoms with Gasteiger partial charge in [0.05, 0.1) is 26.4 Å². The van der Waals surface area contributed by atoms with Gasteiger partial charge in [0.25, 0.3) is 0 Å². The van der Waals surface area contributed by atoms with Crippen LogP contribution in [0.2, 0.25) is 0 Å². The maximum atomic E-state index is 12.4. The molecule has 9 heteroatoms. The lowest BCUT2D eigenvalue weighted by molar-refractivity contribution is -0.154. The van der Waals surface area contributed by atoms with Gasteiger partial charge in [-0.3, -0.25) is 13.8 Å². The highest BCUT2D eigenvalue weighted by Gasteiger charge is 2.25. The number of allylic oxidation sites excluding steroid dienone is 11. The number of phosphoric acid groups is 1. The Bertz CT molecular complexity index is 911. The first kappa shape index (κ1) is 42.9. The van der Waals surface area contributed by atoms with Crippen LogP contribution in [-0.2, 0) is 27.9 Å². The number of carbonyl (C=O) groups excluding carboxylic acids is 1. The maximum Gasteiger partial charge on any atom is 0.472 e. The fraction of sp³-hybridized carbons (Fsp3) is 0.639. The van der Waals surface area contributed by atoms with E-state index in [4.69, 9.17) is 24.3 Å². The molecular formula is C36H62NO7P. The first-order chi connectivity index (χ1) is 21.9. The molecule has 0 saturated carbocycles. The van der Waals surface area contributed by atoms with Crippen LogP contribution in [0, 0.1) is 0 Å². The van der Waals surface area contributed by atoms with Crippen molar-refractivity contribution in [3.8, 4) is 0 Å². The number of carbonyl (C=O) groups is 1. The number of hydrogen-bond acceptors (Lipinski definition) is 7. The van der Waals surface area contributed by atoms with Crippen LogP contribution in [0.15, 0.2) is 72.9 Å². The first-order valence-electron chi connectivity index (χ1n) is 16.9. The summed E-state index contributed by atoms with van der Waals surface area (Å²) in [6.45, 7) is 4.45. The third kappa shape index (κ3) is 33.1. The van der Waals surface area contributed by atoms with E-state index in [9.17, 15) is 14.3 Å². The van der Waals surface area contributed by atoms with E-state index in [1.807, 2.05) is 6.08 Å². The normalized spacial score (nSPS) is 14.7. The average molecular weight is 652 g/mol. The van der Waals surface area contributed by atoms with Gasteiger partial charge in [0.15, 0.2) is 0 Å². The molecule has 0 radical (unpaired) electrons. The second-order valence-electron chi connectivity index (χ2n) is 10.6. The van der Waals surface area contributed by atoms with Gasteiger partial charge in [0, 0.05) is 13.0 Å². The van der Waals surface area contributed by atoms with Crippen molar-refractivity contribution >= 4 is 13.8 Å². The molecule has 3 N–H and O–H groups in total. The molecule has 0 aromatic rings. The summed E-state index contributed by atoms with van der Waals surface area (Å²) in [5.41, 5.74) is 5.33. The zero-order valence-corrected chi connectivity index (χ0v) is 29.0. The van der Waals surface area contributed by atoms with E-state index in [1.54, 1.807) is 0 Å². The topological polar surface area (TPSA) is 117 Å². The van der Waals surface area contributed by atoms with Gasteiger partial charge in [-0.15, -0.1) is 0 Å². The summed E-state index contributed by atoms with van der Waals surface area (Å²) in [5.74, 6) is -0.372. The number of ether oxygens (including phenoxy) is 2. The summed E-state index contributed by atoms with van der Waals surface area (Å²) in [6.07, 6.45) is 39.4. The molecule has 0 fully saturated rings. The lowest BCUT2D eigenvalue weighted by Gasteiger charge is -2.19. The number of esters is 1. The van der Waals surface area contributed by atoms with Crippen molar-refractivity contribution in [2.45, 2.75) is 116 Å². The first-order valence-corrected chi connectivity index (χ1v) is 18.4. The zero-order valence-electron chi connectivity index (χ0n) is 28.1. The van der Waals surface area contributed by atoms with Crippen molar-refractivity contribution in [3.63, 3.8) is 0 Å². The molecule has 2 atom stereocenters. The summed E-state index contributed by atoms with van der Waals surface area (Å²) in [6, 6.07) is 0. The van der Waals surface area contributed by atoms with E-state index in [1.165, 1.54) is 6.42 Å². The van der Waals surface area contributed by atoms with E-state index < -0.39 is 13.9 Å². The van der Waals surface area contributed by atoms with Crippen molar-refractivity contribution in [2.75, 3.05) is 33.0 Å². The molecule has 8 nitrogen and oxygen atoms in total. The van der Waals surface area contributed by atoms with Crippen molar-refractivity contribution in [1.29, 1.82) is 0 Å². The molecule has 0 heterocycles. The van der Waals surface area contributed by atoms with Gasteiger partial charge in [0.2, 0.25) is 0 Å². The minimum atomic E-state index is -4.29. The lowest BCUT2D eigenvalue weighted by Crippen LogP contribution is -2.28. The Kier molecular flexibility index (Phi) is 31.8. The molecule has 0 saturated heterocycles. The number of phosphoric ester groups is 1. The monoisotopic (exact) mass is 651 g/mol. The minimum absolute atomic E-state index is 0.0544.